The third-order valence-corrected chi connectivity index (χ3v) is 9.90. The van der Waals surface area contributed by atoms with Crippen LogP contribution in [0.4, 0.5) is 0 Å². The molecule has 0 amide bonds. The van der Waals surface area contributed by atoms with Gasteiger partial charge in [0.15, 0.2) is 11.6 Å². The van der Waals surface area contributed by atoms with E-state index in [4.69, 9.17) is 17.0 Å². The van der Waals surface area contributed by atoms with Crippen LogP contribution in [-0.2, 0) is 15.0 Å². The van der Waals surface area contributed by atoms with Gasteiger partial charge in [-0.15, -0.1) is 0 Å². The summed E-state index contributed by atoms with van der Waals surface area (Å²) in [7, 11) is 0. The van der Waals surface area contributed by atoms with E-state index in [1.165, 1.54) is 18.4 Å². The average molecular weight is 642 g/mol. The lowest BCUT2D eigenvalue weighted by Gasteiger charge is -2.48. The Labute approximate surface area is 281 Å². The Bertz CT molecular complexity index is 1460. The molecule has 246 valence electrons. The Hall–Kier alpha value is -3.18. The van der Waals surface area contributed by atoms with Crippen LogP contribution in [0.3, 0.4) is 0 Å². The molecule has 1 heterocycles. The number of nitrogens with zero attached hydrogens (tertiary/aromatic N) is 2. The maximum absolute atomic E-state index is 13.6. The van der Waals surface area contributed by atoms with Gasteiger partial charge in [0.1, 0.15) is 0 Å². The van der Waals surface area contributed by atoms with Crippen LogP contribution < -0.4 is 0 Å². The van der Waals surface area contributed by atoms with Gasteiger partial charge in [-0.25, -0.2) is 0 Å². The maximum atomic E-state index is 13.6. The van der Waals surface area contributed by atoms with E-state index in [2.05, 4.69) is 50.0 Å². The molecule has 4 rings (SSSR count). The van der Waals surface area contributed by atoms with Gasteiger partial charge in [0.05, 0.1) is 11.3 Å². The van der Waals surface area contributed by atoms with Crippen molar-refractivity contribution in [2.24, 2.45) is 33.9 Å². The summed E-state index contributed by atoms with van der Waals surface area (Å²) < 4.78 is 0. The first-order valence-electron chi connectivity index (χ1n) is 17.2. The van der Waals surface area contributed by atoms with E-state index in [1.54, 1.807) is 12.2 Å². The number of allylic oxidation sites excluding steroid dienone is 7. The molecule has 5 nitrogen and oxygen atoms in total. The minimum atomic E-state index is -0.250. The smallest absolute Gasteiger partial charge is 0.189 e. The van der Waals surface area contributed by atoms with Crippen molar-refractivity contribution in [1.29, 1.82) is 5.41 Å². The Morgan fingerprint density at radius 2 is 1.87 bits per heavy atom. The third kappa shape index (κ3) is 9.91. The predicted octanol–water partition coefficient (Wildman–Crippen LogP) is 10.5. The first-order chi connectivity index (χ1) is 22.0. The topological polar surface area (TPSA) is 82.7 Å². The van der Waals surface area contributed by atoms with Gasteiger partial charge < -0.3 is 5.41 Å². The second-order valence-corrected chi connectivity index (χ2v) is 14.7. The molecule has 0 spiro atoms. The number of ketones is 2. The first kappa shape index (κ1) is 35.7. The second kappa shape index (κ2) is 16.6. The molecule has 6 heteroatoms. The molecule has 2 saturated carbocycles. The number of hydrogen-bond acceptors (Lipinski definition) is 5. The van der Waals surface area contributed by atoms with Gasteiger partial charge in [0.25, 0.3) is 0 Å². The molecule has 2 aliphatic carbocycles. The Kier molecular flexibility index (Phi) is 12.9. The minimum absolute atomic E-state index is 0.0942. The normalized spacial score (nSPS) is 23.7. The van der Waals surface area contributed by atoms with Gasteiger partial charge in [0, 0.05) is 28.8 Å². The molecule has 1 unspecified atom stereocenters. The summed E-state index contributed by atoms with van der Waals surface area (Å²) in [6.07, 6.45) is 22.2. The van der Waals surface area contributed by atoms with E-state index in [9.17, 15) is 9.59 Å². The van der Waals surface area contributed by atoms with Gasteiger partial charge in [-0.2, -0.15) is 10.2 Å². The highest BCUT2D eigenvalue weighted by Gasteiger charge is 2.48. The molecular formula is C40H52ClN3O2. The lowest BCUT2D eigenvalue weighted by Crippen LogP contribution is -2.48. The van der Waals surface area contributed by atoms with Crippen molar-refractivity contribution < 1.29 is 9.59 Å². The zero-order chi connectivity index (χ0) is 33.3. The first-order valence-corrected chi connectivity index (χ1v) is 17.6. The van der Waals surface area contributed by atoms with E-state index >= 15 is 0 Å². The highest BCUT2D eigenvalue weighted by molar-refractivity contribution is 6.32. The monoisotopic (exact) mass is 641 g/mol. The molecule has 1 atom stereocenters. The van der Waals surface area contributed by atoms with E-state index in [-0.39, 0.29) is 29.0 Å². The predicted molar refractivity (Wildman–Crippen MR) is 194 cm³/mol. The third-order valence-electron chi connectivity index (χ3n) is 9.55. The largest absolute Gasteiger partial charge is 0.310 e. The van der Waals surface area contributed by atoms with Crippen molar-refractivity contribution in [3.8, 4) is 0 Å². The fourth-order valence-corrected chi connectivity index (χ4v) is 6.70. The lowest BCUT2D eigenvalue weighted by molar-refractivity contribution is -0.118. The van der Waals surface area contributed by atoms with Gasteiger partial charge >= 0.3 is 0 Å². The van der Waals surface area contributed by atoms with Gasteiger partial charge in [-0.1, -0.05) is 75.2 Å². The van der Waals surface area contributed by atoms with Crippen LogP contribution in [0, 0.1) is 29.1 Å². The molecule has 1 N–H and O–H groups in total. The van der Waals surface area contributed by atoms with Gasteiger partial charge in [-0.05, 0) is 130 Å². The summed E-state index contributed by atoms with van der Waals surface area (Å²) in [5.74, 6) is 1.74. The van der Waals surface area contributed by atoms with Crippen LogP contribution in [0.25, 0.3) is 6.08 Å². The zero-order valence-electron chi connectivity index (χ0n) is 28.4. The lowest BCUT2D eigenvalue weighted by atomic mass is 9.55. The minimum Gasteiger partial charge on any atom is -0.310 e. The number of nitrogens with one attached hydrogen (secondary N) is 1. The summed E-state index contributed by atoms with van der Waals surface area (Å²) in [5, 5.41) is 17.9. The molecule has 1 aromatic carbocycles. The van der Waals surface area contributed by atoms with Crippen molar-refractivity contribution in [2.75, 3.05) is 0 Å². The van der Waals surface area contributed by atoms with Crippen LogP contribution in [0.2, 0.25) is 5.02 Å². The van der Waals surface area contributed by atoms with Crippen LogP contribution in [0.15, 0.2) is 69.9 Å². The molecule has 3 aliphatic rings. The highest BCUT2D eigenvalue weighted by Crippen LogP contribution is 2.50. The van der Waals surface area contributed by atoms with Gasteiger partial charge in [0.2, 0.25) is 0 Å². The molecule has 0 radical (unpaired) electrons. The van der Waals surface area contributed by atoms with Crippen molar-refractivity contribution in [2.45, 2.75) is 111 Å². The quantitative estimate of drug-likeness (QED) is 0.0603. The van der Waals surface area contributed by atoms with Crippen LogP contribution in [-0.4, -0.2) is 29.2 Å². The fourth-order valence-electron chi connectivity index (χ4n) is 6.51. The molecule has 1 aliphatic heterocycles. The van der Waals surface area contributed by atoms with E-state index < -0.39 is 0 Å². The molecule has 46 heavy (non-hydrogen) atoms. The van der Waals surface area contributed by atoms with E-state index in [1.807, 2.05) is 43.5 Å². The number of carbonyl (C=O) groups excluding carboxylic acids is 2. The van der Waals surface area contributed by atoms with Crippen molar-refractivity contribution in [1.82, 2.24) is 0 Å². The summed E-state index contributed by atoms with van der Waals surface area (Å²) >= 11 is 6.66. The molecule has 0 aromatic heterocycles. The van der Waals surface area contributed by atoms with Crippen molar-refractivity contribution >= 4 is 46.9 Å². The number of benzene rings is 1. The molecule has 0 saturated heterocycles. The summed E-state index contributed by atoms with van der Waals surface area (Å²) in [6.45, 7) is 10.7. The molecule has 1 aromatic rings. The number of rotatable bonds is 17. The number of halogens is 1. The number of Topliss-reactive ketones (excluding diaryl/α,β-unsaturated/α-hetero) is 1. The van der Waals surface area contributed by atoms with Crippen molar-refractivity contribution in [3.05, 3.63) is 75.9 Å². The molecule has 2 fully saturated rings. The number of hydrogen-bond donors (Lipinski definition) is 1. The Morgan fingerprint density at radius 1 is 1.11 bits per heavy atom. The standard InChI is InChI=1S/C40H52ClN3O2/c1-6-30(16-19-34(42)18-13-27(2)3)22-35(37(45)11-7-9-31-14-15-31)38(46)12-8-10-32-23-33(17-20-36(32)41)40(24-29(5)25-40)39-21-28(4)26-43-44-39/h6-8,10-11,17,20,22-23,26-29,31,42H,9,12-16,18-19,21,24-25H2,1-5H3/b10-8+,11-7+,30-6-,35-22+,42-34?. The summed E-state index contributed by atoms with van der Waals surface area (Å²) in [4.78, 5) is 26.9. The Morgan fingerprint density at radius 3 is 2.52 bits per heavy atom. The average Bonchev–Trinajstić information content (AvgIpc) is 3.83. The van der Waals surface area contributed by atoms with Crippen LogP contribution in [0.1, 0.15) is 116 Å². The van der Waals surface area contributed by atoms with E-state index in [0.29, 0.717) is 47.2 Å². The molecule has 0 bridgehead atoms. The molecular weight excluding hydrogens is 590 g/mol. The Balaban J connectivity index is 1.50. The fraction of sp³-hybridized carbons (Fsp3) is 0.525. The highest BCUT2D eigenvalue weighted by atomic mass is 35.5. The second-order valence-electron chi connectivity index (χ2n) is 14.3. The van der Waals surface area contributed by atoms with Gasteiger partial charge in [-0.3, -0.25) is 9.59 Å². The van der Waals surface area contributed by atoms with E-state index in [0.717, 1.165) is 55.4 Å². The van der Waals surface area contributed by atoms with Crippen molar-refractivity contribution in [3.63, 3.8) is 0 Å². The summed E-state index contributed by atoms with van der Waals surface area (Å²) in [5.41, 5.74) is 4.88. The summed E-state index contributed by atoms with van der Waals surface area (Å²) in [6, 6.07) is 6.18. The maximum Gasteiger partial charge on any atom is 0.189 e. The van der Waals surface area contributed by atoms with Crippen LogP contribution >= 0.6 is 11.6 Å². The zero-order valence-corrected chi connectivity index (χ0v) is 29.2. The van der Waals surface area contributed by atoms with Crippen LogP contribution in [0.5, 0.6) is 0 Å². The number of carbonyl (C=O) groups is 2. The SMILES string of the molecule is C/C=C(\C=C(/C(=O)/C=C/CC1CC1)C(=O)C/C=C/c1cc(C2(C3=NN=CC(C)C3)CC(C)C2)ccc1Cl)CCC(=N)CCC(C)C.